The molecule has 1 aliphatic carbocycles. The predicted molar refractivity (Wildman–Crippen MR) is 270 cm³/mol. The third-order valence-electron chi connectivity index (χ3n) is 16.4. The van der Waals surface area contributed by atoms with Gasteiger partial charge in [-0.3, -0.25) is 29.6 Å². The van der Waals surface area contributed by atoms with Gasteiger partial charge in [0.1, 0.15) is 18.5 Å². The number of aliphatic hydroxyl groups is 3. The second-order valence-electron chi connectivity index (χ2n) is 19.9. The number of aromatic amines is 1. The standard InChI is InChI=1S/C46H60N6O9.C5H10O2S2/c1-6-42(57)22-28-23-44(26-60-27-53,36-30(14-18-51(24-28)25-42)29-12-9-10-13-33(29)47-36)32-20-31-34(21-35(32)59-5)50(4)38-45(31)16-19-52-17-11-15-43(7-2,37(45)52)39(54)46(38,58)40(55)48-49-41(56)61-8-3;1-2-8-9-4-3-5(6)7/h9-13,15,20-21,27-28,37-39,47,54,57-58H,6-8,14,16-19,22-26H2,1-5H3,(H,48,55)(H,49,56);2-4H2,1H3,(H,6,7)/t28?,37-,38+,39+,42-,43+,44-,45+,46-;/m0./s1. The van der Waals surface area contributed by atoms with Crippen LogP contribution in [-0.2, 0) is 41.1 Å². The van der Waals surface area contributed by atoms with Crippen molar-refractivity contribution >= 4 is 62.6 Å². The molecule has 1 saturated carbocycles. The number of aromatic nitrogens is 1. The van der Waals surface area contributed by atoms with Crippen LogP contribution in [0.25, 0.3) is 10.9 Å². The number of hydrazine groups is 1. The van der Waals surface area contributed by atoms with E-state index in [1.165, 1.54) is 0 Å². The molecule has 382 valence electrons. The van der Waals surface area contributed by atoms with Crippen molar-refractivity contribution in [2.24, 2.45) is 11.3 Å². The van der Waals surface area contributed by atoms with Gasteiger partial charge in [0.15, 0.2) is 5.60 Å². The quantitative estimate of drug-likeness (QED) is 0.0375. The first kappa shape index (κ1) is 51.8. The Bertz CT molecular complexity index is 2480. The number of para-hydroxylation sites is 1. The molecule has 3 fully saturated rings. The summed E-state index contributed by atoms with van der Waals surface area (Å²) < 4.78 is 17.4. The molecule has 1 spiro atoms. The van der Waals surface area contributed by atoms with Gasteiger partial charge in [-0.05, 0) is 81.2 Å². The molecule has 6 heterocycles. The molecule has 2 amide bonds. The number of fused-ring (bicyclic) bond motifs is 6. The number of carboxylic acids is 1. The van der Waals surface area contributed by atoms with E-state index in [0.29, 0.717) is 76.1 Å². The van der Waals surface area contributed by atoms with E-state index in [0.717, 1.165) is 57.8 Å². The van der Waals surface area contributed by atoms with E-state index in [2.05, 4.69) is 50.8 Å². The van der Waals surface area contributed by atoms with Crippen LogP contribution in [0.15, 0.2) is 48.6 Å². The lowest BCUT2D eigenvalue weighted by Gasteiger charge is -2.63. The molecular formula is C51H70N6O11S2. The average Bonchev–Trinajstić information content (AvgIpc) is 4.02. The van der Waals surface area contributed by atoms with Crippen molar-refractivity contribution < 1.29 is 53.8 Å². The Hall–Kier alpha value is -4.50. The number of carbonyl (C=O) groups is 4. The number of aliphatic hydroxyl groups excluding tert-OH is 1. The van der Waals surface area contributed by atoms with Gasteiger partial charge in [0.05, 0.1) is 37.2 Å². The molecule has 5 aliphatic heterocycles. The largest absolute Gasteiger partial charge is 0.496 e. The van der Waals surface area contributed by atoms with Crippen LogP contribution in [0, 0.1) is 11.3 Å². The van der Waals surface area contributed by atoms with Crippen molar-refractivity contribution in [3.8, 4) is 5.75 Å². The molecule has 70 heavy (non-hydrogen) atoms. The zero-order valence-corrected chi connectivity index (χ0v) is 42.8. The fourth-order valence-corrected chi connectivity index (χ4v) is 15.4. The van der Waals surface area contributed by atoms with Crippen LogP contribution < -0.4 is 20.5 Å². The minimum atomic E-state index is -2.44. The smallest absolute Gasteiger partial charge is 0.426 e. The molecule has 7 N–H and O–H groups in total. The molecular weight excluding hydrogens is 937 g/mol. The molecule has 1 aromatic heterocycles. The summed E-state index contributed by atoms with van der Waals surface area (Å²) in [4.78, 5) is 60.0. The number of hydrogen-bond donors (Lipinski definition) is 7. The van der Waals surface area contributed by atoms with Gasteiger partial charge in [-0.25, -0.2) is 10.2 Å². The van der Waals surface area contributed by atoms with Gasteiger partial charge >= 0.3 is 12.1 Å². The fraction of sp³-hybridized carbons (Fsp3) is 0.608. The van der Waals surface area contributed by atoms with Crippen LogP contribution in [0.2, 0.25) is 0 Å². The van der Waals surface area contributed by atoms with E-state index in [1.807, 2.05) is 56.1 Å². The molecule has 2 bridgehead atoms. The van der Waals surface area contributed by atoms with Crippen molar-refractivity contribution in [1.29, 1.82) is 0 Å². The predicted octanol–water partition coefficient (Wildman–Crippen LogP) is 4.89. The summed E-state index contributed by atoms with van der Waals surface area (Å²) in [6, 6.07) is 11.1. The number of hydrogen-bond acceptors (Lipinski definition) is 15. The van der Waals surface area contributed by atoms with E-state index in [1.54, 1.807) is 35.6 Å². The van der Waals surface area contributed by atoms with Crippen LogP contribution in [0.4, 0.5) is 10.5 Å². The van der Waals surface area contributed by atoms with Crippen LogP contribution in [0.5, 0.6) is 5.75 Å². The Kier molecular flexibility index (Phi) is 15.2. The topological polar surface area (TPSA) is 226 Å². The van der Waals surface area contributed by atoms with Gasteiger partial charge in [-0.2, -0.15) is 0 Å². The molecule has 2 aromatic carbocycles. The summed E-state index contributed by atoms with van der Waals surface area (Å²) >= 11 is 0. The van der Waals surface area contributed by atoms with Gasteiger partial charge in [0, 0.05) is 95.5 Å². The number of aliphatic carboxylic acids is 1. The molecule has 2 saturated heterocycles. The molecule has 17 nitrogen and oxygen atoms in total. The normalized spacial score (nSPS) is 32.6. The van der Waals surface area contributed by atoms with Gasteiger partial charge in [-0.1, -0.05) is 72.7 Å². The van der Waals surface area contributed by atoms with E-state index < -0.39 is 57.6 Å². The highest BCUT2D eigenvalue weighted by molar-refractivity contribution is 8.76. The minimum Gasteiger partial charge on any atom is -0.496 e. The van der Waals surface area contributed by atoms with Gasteiger partial charge in [-0.15, -0.1) is 0 Å². The number of carboxylic acid groups (broad SMARTS) is 1. The lowest BCUT2D eigenvalue weighted by molar-refractivity contribution is -0.204. The van der Waals surface area contributed by atoms with Crippen LogP contribution in [0.1, 0.15) is 88.6 Å². The van der Waals surface area contributed by atoms with Crippen LogP contribution in [0.3, 0.4) is 0 Å². The Balaban J connectivity index is 0.000000667. The number of nitrogens with zero attached hydrogens (tertiary/aromatic N) is 3. The first-order valence-corrected chi connectivity index (χ1v) is 27.1. The minimum absolute atomic E-state index is 0.00145. The zero-order valence-electron chi connectivity index (χ0n) is 41.1. The third-order valence-corrected chi connectivity index (χ3v) is 18.9. The van der Waals surface area contributed by atoms with Crippen molar-refractivity contribution in [2.45, 2.75) is 113 Å². The maximum Gasteiger partial charge on any atom is 0.426 e. The Morgan fingerprint density at radius 1 is 1.00 bits per heavy atom. The second-order valence-corrected chi connectivity index (χ2v) is 22.8. The number of rotatable bonds is 14. The summed E-state index contributed by atoms with van der Waals surface area (Å²) in [5.41, 5.74) is 3.78. The number of benzene rings is 2. The maximum absolute atomic E-state index is 14.6. The molecule has 3 aromatic rings. The molecule has 6 aliphatic rings. The van der Waals surface area contributed by atoms with E-state index in [9.17, 15) is 34.5 Å². The summed E-state index contributed by atoms with van der Waals surface area (Å²) in [6.07, 6.45) is 5.17. The molecule has 9 rings (SSSR count). The number of ether oxygens (including phenoxy) is 3. The number of anilines is 1. The van der Waals surface area contributed by atoms with Gasteiger partial charge in [0.25, 0.3) is 12.4 Å². The van der Waals surface area contributed by atoms with Crippen LogP contribution in [-0.4, -0.2) is 161 Å². The highest BCUT2D eigenvalue weighted by atomic mass is 33.1. The first-order chi connectivity index (χ1) is 33.6. The highest BCUT2D eigenvalue weighted by Crippen LogP contribution is 2.67. The summed E-state index contributed by atoms with van der Waals surface area (Å²) in [5.74, 6) is 0.641. The van der Waals surface area contributed by atoms with Crippen molar-refractivity contribution in [1.82, 2.24) is 25.6 Å². The Labute approximate surface area is 417 Å². The number of amides is 2. The van der Waals surface area contributed by atoms with Crippen molar-refractivity contribution in [3.63, 3.8) is 0 Å². The third kappa shape index (κ3) is 8.53. The molecule has 19 heteroatoms. The van der Waals surface area contributed by atoms with Crippen molar-refractivity contribution in [3.05, 3.63) is 70.9 Å². The first-order valence-electron chi connectivity index (χ1n) is 24.6. The Morgan fingerprint density at radius 2 is 1.79 bits per heavy atom. The lowest BCUT2D eigenvalue weighted by Crippen LogP contribution is -2.82. The number of likely N-dealkylation sites (N-methyl/N-ethyl adjacent to an activating group) is 1. The van der Waals surface area contributed by atoms with E-state index in [-0.39, 0.29) is 31.6 Å². The monoisotopic (exact) mass is 1010 g/mol. The average molecular weight is 1010 g/mol. The molecule has 0 radical (unpaired) electrons. The fourth-order valence-electron chi connectivity index (χ4n) is 13.7. The SMILES string of the molecule is CCOC(=O)NNC(=O)[C@@]1(O)[C@H](O)[C@]2(CC)C=CCN3CC[C@@]4(c5cc([C@@]6(COC=O)CC7CN(CCc8c6[nH]c6ccccc86)C[C@](O)(CC)C7)c(OC)cc5N(C)[C@@H]14)[C@@H]32.CCSSCCC(=O)O. The summed E-state index contributed by atoms with van der Waals surface area (Å²) in [7, 11) is 6.78. The molecule has 10 atom stereocenters. The zero-order chi connectivity index (χ0) is 50.2. The van der Waals surface area contributed by atoms with Gasteiger partial charge in [0.2, 0.25) is 0 Å². The Morgan fingerprint density at radius 3 is 2.49 bits per heavy atom. The second kappa shape index (κ2) is 20.5. The number of H-pyrrole nitrogens is 1. The van der Waals surface area contributed by atoms with Gasteiger partial charge < -0.3 is 44.5 Å². The number of piperidine rings is 1. The van der Waals surface area contributed by atoms with Crippen molar-refractivity contribution in [2.75, 3.05) is 76.5 Å². The van der Waals surface area contributed by atoms with E-state index in [4.69, 9.17) is 19.3 Å². The van der Waals surface area contributed by atoms with E-state index >= 15 is 0 Å². The van der Waals surface area contributed by atoms with Crippen LogP contribution >= 0.6 is 21.6 Å². The maximum atomic E-state index is 14.6. The molecule has 2 unspecified atom stereocenters. The summed E-state index contributed by atoms with van der Waals surface area (Å²) in [5, 5.41) is 47.2. The highest BCUT2D eigenvalue weighted by Gasteiger charge is 2.78. The lowest BCUT2D eigenvalue weighted by atomic mass is 9.47. The number of nitrogens with one attached hydrogen (secondary N) is 3. The number of carbonyl (C=O) groups excluding carboxylic acids is 3. The number of methoxy groups -OCH3 is 1. The summed E-state index contributed by atoms with van der Waals surface area (Å²) in [6.45, 7) is 11.6.